The summed E-state index contributed by atoms with van der Waals surface area (Å²) in [6.07, 6.45) is 2.91. The van der Waals surface area contributed by atoms with E-state index in [-0.39, 0.29) is 49.5 Å². The Morgan fingerprint density at radius 3 is 2.35 bits per heavy atom. The number of nitrogens with one attached hydrogen (secondary N) is 2. The molecule has 6 atom stereocenters. The van der Waals surface area contributed by atoms with Gasteiger partial charge in [-0.3, -0.25) is 24.0 Å². The van der Waals surface area contributed by atoms with Gasteiger partial charge in [0.15, 0.2) is 5.60 Å². The second-order valence-corrected chi connectivity index (χ2v) is 15.9. The molecule has 0 radical (unpaired) electrons. The minimum absolute atomic E-state index is 0.0220. The molecule has 14 heteroatoms. The van der Waals surface area contributed by atoms with Gasteiger partial charge in [0.1, 0.15) is 23.6 Å². The first kappa shape index (κ1) is 37.1. The number of carbonyl (C=O) groups excluding carboxylic acids is 5. The summed E-state index contributed by atoms with van der Waals surface area (Å²) in [6.45, 7) is 5.51. The number of benzene rings is 2. The van der Waals surface area contributed by atoms with Gasteiger partial charge in [-0.25, -0.2) is 0 Å². The van der Waals surface area contributed by atoms with Gasteiger partial charge in [-0.1, -0.05) is 80.7 Å². The van der Waals surface area contributed by atoms with Gasteiger partial charge in [0.25, 0.3) is 5.91 Å². The Morgan fingerprint density at radius 2 is 1.73 bits per heavy atom. The van der Waals surface area contributed by atoms with Crippen molar-refractivity contribution in [3.8, 4) is 11.5 Å². The van der Waals surface area contributed by atoms with Crippen LogP contribution in [-0.4, -0.2) is 84.5 Å². The van der Waals surface area contributed by atoms with Crippen LogP contribution in [0.3, 0.4) is 0 Å². The maximum Gasteiger partial charge on any atom is 0.287 e. The standard InChI is InChI=1S/C38H46ClN5O8/c1-37(2,3)32(42-34(47)23-14-22(23)21-9-7-6-8-10-21)36(49)44-19-38(17-27(43-52-38)24-15-25(39)30(51-5)16-29(24)50-4)18-28(44)35(48)41-26(13-20-11-12-20)31(45)33(40)46/h6-10,15-16,20,22-23,26,28,32H,11-14,17-19H2,1-5H3,(H2,40,46)(H,41,48)(H,42,47)/t22-,23+,26-,28-,32+,38+/m0/s1. The van der Waals surface area contributed by atoms with Gasteiger partial charge >= 0.3 is 0 Å². The highest BCUT2D eigenvalue weighted by molar-refractivity contribution is 6.38. The summed E-state index contributed by atoms with van der Waals surface area (Å²) in [4.78, 5) is 74.8. The van der Waals surface area contributed by atoms with E-state index in [9.17, 15) is 24.0 Å². The highest BCUT2D eigenvalue weighted by Gasteiger charge is 2.56. The maximum atomic E-state index is 14.7. The number of rotatable bonds is 13. The number of hydrogen-bond donors (Lipinski definition) is 3. The van der Waals surface area contributed by atoms with Crippen LogP contribution in [0.1, 0.15) is 76.3 Å². The lowest BCUT2D eigenvalue weighted by Gasteiger charge is -2.35. The van der Waals surface area contributed by atoms with Crippen molar-refractivity contribution in [3.63, 3.8) is 0 Å². The molecular formula is C38H46ClN5O8. The Hall–Kier alpha value is -4.65. The number of oxime groups is 1. The van der Waals surface area contributed by atoms with Crippen molar-refractivity contribution in [2.75, 3.05) is 20.8 Å². The van der Waals surface area contributed by atoms with Crippen molar-refractivity contribution in [1.82, 2.24) is 15.5 Å². The smallest absolute Gasteiger partial charge is 0.287 e. The average Bonchev–Trinajstić information content (AvgIpc) is 4.04. The van der Waals surface area contributed by atoms with E-state index < -0.39 is 52.6 Å². The SMILES string of the molecule is COc1cc(OC)c(C2=NO[C@]3(C2)C[C@@H](C(=O)N[C@@H](CC2CC2)C(=O)C(N)=O)N(C(=O)[C@@H](NC(=O)[C@@H]2C[C@H]2c2ccccc2)C(C)(C)C)C3)cc1Cl. The number of nitrogens with zero attached hydrogens (tertiary/aromatic N) is 2. The zero-order valence-corrected chi connectivity index (χ0v) is 30.8. The quantitative estimate of drug-likeness (QED) is 0.262. The number of methoxy groups -OCH3 is 2. The fourth-order valence-electron chi connectivity index (χ4n) is 7.33. The summed E-state index contributed by atoms with van der Waals surface area (Å²) in [5, 5.41) is 10.5. The van der Waals surface area contributed by atoms with Crippen molar-refractivity contribution >= 4 is 46.7 Å². The van der Waals surface area contributed by atoms with Crippen LogP contribution in [-0.2, 0) is 28.8 Å². The van der Waals surface area contributed by atoms with Crippen LogP contribution in [0.2, 0.25) is 5.02 Å². The van der Waals surface area contributed by atoms with E-state index in [1.54, 1.807) is 12.1 Å². The first-order valence-corrected chi connectivity index (χ1v) is 18.0. The van der Waals surface area contributed by atoms with E-state index in [2.05, 4.69) is 15.8 Å². The van der Waals surface area contributed by atoms with E-state index in [1.807, 2.05) is 51.1 Å². The third kappa shape index (κ3) is 7.74. The lowest BCUT2D eigenvalue weighted by molar-refractivity contribution is -0.145. The topological polar surface area (TPSA) is 179 Å². The second kappa shape index (κ2) is 14.4. The van der Waals surface area contributed by atoms with E-state index in [0.29, 0.717) is 34.2 Å². The third-order valence-electron chi connectivity index (χ3n) is 10.5. The molecule has 52 heavy (non-hydrogen) atoms. The van der Waals surface area contributed by atoms with Gasteiger partial charge in [0.2, 0.25) is 23.5 Å². The van der Waals surface area contributed by atoms with Gasteiger partial charge in [0, 0.05) is 30.4 Å². The molecule has 1 saturated heterocycles. The molecule has 13 nitrogen and oxygen atoms in total. The molecular weight excluding hydrogens is 690 g/mol. The van der Waals surface area contributed by atoms with Crippen LogP contribution in [0.4, 0.5) is 0 Å². The van der Waals surface area contributed by atoms with Crippen LogP contribution in [0, 0.1) is 17.3 Å². The van der Waals surface area contributed by atoms with Crippen molar-refractivity contribution in [2.24, 2.45) is 28.1 Å². The van der Waals surface area contributed by atoms with E-state index in [1.165, 1.54) is 19.1 Å². The lowest BCUT2D eigenvalue weighted by Crippen LogP contribution is -2.59. The first-order chi connectivity index (χ1) is 24.6. The monoisotopic (exact) mass is 735 g/mol. The Bertz CT molecular complexity index is 1790. The number of ether oxygens (including phenoxy) is 2. The number of Topliss-reactive ketones (excluding diaryl/α,β-unsaturated/α-hetero) is 1. The molecule has 0 unspecified atom stereocenters. The molecule has 0 aromatic heterocycles. The predicted molar refractivity (Wildman–Crippen MR) is 192 cm³/mol. The zero-order chi connectivity index (χ0) is 37.5. The molecule has 2 aromatic carbocycles. The number of likely N-dealkylation sites (tertiary alicyclic amines) is 1. The van der Waals surface area contributed by atoms with Gasteiger partial charge < -0.3 is 35.6 Å². The lowest BCUT2D eigenvalue weighted by atomic mass is 9.85. The first-order valence-electron chi connectivity index (χ1n) is 17.6. The minimum atomic E-state index is -1.14. The van der Waals surface area contributed by atoms with Crippen molar-refractivity contribution in [2.45, 2.75) is 88.9 Å². The molecule has 2 heterocycles. The Kier molecular flexibility index (Phi) is 10.3. The average molecular weight is 736 g/mol. The molecule has 3 fully saturated rings. The van der Waals surface area contributed by atoms with Crippen molar-refractivity contribution in [1.29, 1.82) is 0 Å². The molecule has 4 N–H and O–H groups in total. The molecule has 2 aliphatic heterocycles. The maximum absolute atomic E-state index is 14.7. The molecule has 6 rings (SSSR count). The highest BCUT2D eigenvalue weighted by atomic mass is 35.5. The highest BCUT2D eigenvalue weighted by Crippen LogP contribution is 2.48. The van der Waals surface area contributed by atoms with Crippen molar-refractivity contribution < 1.29 is 38.3 Å². The fourth-order valence-corrected chi connectivity index (χ4v) is 7.58. The third-order valence-corrected chi connectivity index (χ3v) is 10.8. The summed E-state index contributed by atoms with van der Waals surface area (Å²) in [6, 6.07) is 9.82. The minimum Gasteiger partial charge on any atom is -0.496 e. The molecule has 4 aliphatic rings. The predicted octanol–water partition coefficient (Wildman–Crippen LogP) is 3.50. The Morgan fingerprint density at radius 1 is 1.04 bits per heavy atom. The summed E-state index contributed by atoms with van der Waals surface area (Å²) in [7, 11) is 3.00. The van der Waals surface area contributed by atoms with Gasteiger partial charge in [0.05, 0.1) is 37.5 Å². The zero-order valence-electron chi connectivity index (χ0n) is 30.1. The summed E-state index contributed by atoms with van der Waals surface area (Å²) >= 11 is 6.47. The van der Waals surface area contributed by atoms with Gasteiger partial charge in [-0.15, -0.1) is 0 Å². The largest absolute Gasteiger partial charge is 0.496 e. The number of carbonyl (C=O) groups is 5. The molecule has 2 aliphatic carbocycles. The van der Waals surface area contributed by atoms with Gasteiger partial charge in [-0.2, -0.15) is 0 Å². The number of amides is 4. The van der Waals surface area contributed by atoms with Crippen molar-refractivity contribution in [3.05, 3.63) is 58.6 Å². The Balaban J connectivity index is 1.27. The van der Waals surface area contributed by atoms with Crippen LogP contribution in [0.15, 0.2) is 47.6 Å². The number of halogens is 1. The van der Waals surface area contributed by atoms with Crippen LogP contribution in [0.5, 0.6) is 11.5 Å². The van der Waals surface area contributed by atoms with E-state index in [4.69, 9.17) is 31.6 Å². The molecule has 0 bridgehead atoms. The summed E-state index contributed by atoms with van der Waals surface area (Å²) in [5.74, 6) is -2.56. The van der Waals surface area contributed by atoms with Crippen LogP contribution < -0.4 is 25.8 Å². The molecule has 2 aromatic rings. The fraction of sp³-hybridized carbons (Fsp3) is 0.526. The molecule has 2 saturated carbocycles. The molecule has 278 valence electrons. The Labute approximate surface area is 307 Å². The molecule has 4 amide bonds. The normalized spacial score (nSPS) is 24.7. The van der Waals surface area contributed by atoms with Crippen LogP contribution in [0.25, 0.3) is 0 Å². The molecule has 1 spiro atoms. The number of ketones is 1. The number of nitrogens with two attached hydrogens (primary N) is 1. The number of primary amides is 1. The summed E-state index contributed by atoms with van der Waals surface area (Å²) in [5.41, 5.74) is 5.59. The van der Waals surface area contributed by atoms with E-state index in [0.717, 1.165) is 18.4 Å². The second-order valence-electron chi connectivity index (χ2n) is 15.5. The number of hydrogen-bond acceptors (Lipinski definition) is 9. The van der Waals surface area contributed by atoms with E-state index >= 15 is 0 Å². The van der Waals surface area contributed by atoms with Gasteiger partial charge in [-0.05, 0) is 41.7 Å². The van der Waals surface area contributed by atoms with Crippen LogP contribution >= 0.6 is 11.6 Å². The summed E-state index contributed by atoms with van der Waals surface area (Å²) < 4.78 is 10.9.